The predicted octanol–water partition coefficient (Wildman–Crippen LogP) is 1.10. The second kappa shape index (κ2) is 25.5. The molecule has 0 saturated carbocycles. The summed E-state index contributed by atoms with van der Waals surface area (Å²) < 4.78 is 48.0. The molecule has 0 atom stereocenters. The zero-order chi connectivity index (χ0) is 26.7. The molecule has 212 valence electrons. The van der Waals surface area contributed by atoms with Gasteiger partial charge in [-0.1, -0.05) is 0 Å². The molecule has 0 amide bonds. The summed E-state index contributed by atoms with van der Waals surface area (Å²) in [7, 11) is 0. The molecular weight excluding hydrogens is 492 g/mol. The van der Waals surface area contributed by atoms with Gasteiger partial charge in [-0.2, -0.15) is 0 Å². The van der Waals surface area contributed by atoms with Gasteiger partial charge >= 0.3 is 5.97 Å². The van der Waals surface area contributed by atoms with Crippen LogP contribution in [-0.4, -0.2) is 130 Å². The van der Waals surface area contributed by atoms with E-state index in [9.17, 15) is 9.59 Å². The first-order valence-corrected chi connectivity index (χ1v) is 12.2. The van der Waals surface area contributed by atoms with Gasteiger partial charge < -0.3 is 47.7 Å². The standard InChI is InChI=1S/C25H40O12/c26-21-23-1-3-24(4-2-23)37-20-19-35-16-15-33-12-11-31-8-7-29-5-6-30-9-10-32-13-14-34-17-18-36-22-25(27)28/h1-4,21H,5-20,22H2,(H,27,28). The SMILES string of the molecule is O=Cc1ccc(OCCOCCOCCOCCOCCOCCOCCOCCOCC(=O)O)cc1. The number of carbonyl (C=O) groups is 2. The Labute approximate surface area is 218 Å². The molecule has 0 bridgehead atoms. The Balaban J connectivity index is 1.67. The third kappa shape index (κ3) is 22.7. The normalized spacial score (nSPS) is 11.0. The Morgan fingerprint density at radius 3 is 1.19 bits per heavy atom. The third-order valence-electron chi connectivity index (χ3n) is 4.34. The molecule has 37 heavy (non-hydrogen) atoms. The van der Waals surface area contributed by atoms with E-state index in [1.54, 1.807) is 24.3 Å². The van der Waals surface area contributed by atoms with E-state index in [0.29, 0.717) is 110 Å². The fourth-order valence-corrected chi connectivity index (χ4v) is 2.56. The largest absolute Gasteiger partial charge is 0.491 e. The van der Waals surface area contributed by atoms with Gasteiger partial charge in [-0.25, -0.2) is 4.79 Å². The van der Waals surface area contributed by atoms with Crippen LogP contribution in [0.4, 0.5) is 0 Å². The Kier molecular flexibility index (Phi) is 22.6. The first-order chi connectivity index (χ1) is 18.2. The lowest BCUT2D eigenvalue weighted by molar-refractivity contribution is -0.142. The summed E-state index contributed by atoms with van der Waals surface area (Å²) in [5.41, 5.74) is 0.613. The van der Waals surface area contributed by atoms with Gasteiger partial charge in [0.2, 0.25) is 0 Å². The highest BCUT2D eigenvalue weighted by Crippen LogP contribution is 2.10. The molecule has 0 saturated heterocycles. The highest BCUT2D eigenvalue weighted by atomic mass is 16.6. The average molecular weight is 533 g/mol. The summed E-state index contributed by atoms with van der Waals surface area (Å²) >= 11 is 0. The Morgan fingerprint density at radius 2 is 0.865 bits per heavy atom. The number of carboxylic acid groups (broad SMARTS) is 1. The molecule has 0 spiro atoms. The third-order valence-corrected chi connectivity index (χ3v) is 4.34. The molecule has 1 N–H and O–H groups in total. The van der Waals surface area contributed by atoms with Crippen LogP contribution in [-0.2, 0) is 42.7 Å². The topological polar surface area (TPSA) is 137 Å². The molecule has 1 aromatic rings. The quantitative estimate of drug-likeness (QED) is 0.122. The highest BCUT2D eigenvalue weighted by molar-refractivity contribution is 5.74. The molecule has 0 fully saturated rings. The molecule has 0 unspecified atom stereocenters. The molecule has 0 aliphatic heterocycles. The van der Waals surface area contributed by atoms with E-state index >= 15 is 0 Å². The zero-order valence-electron chi connectivity index (χ0n) is 21.3. The van der Waals surface area contributed by atoms with Crippen molar-refractivity contribution in [2.75, 3.05) is 112 Å². The smallest absolute Gasteiger partial charge is 0.329 e. The molecule has 0 heterocycles. The number of hydrogen-bond acceptors (Lipinski definition) is 11. The Hall–Kier alpha value is -2.16. The second-order valence-electron chi connectivity index (χ2n) is 7.27. The average Bonchev–Trinajstić information content (AvgIpc) is 2.90. The van der Waals surface area contributed by atoms with Gasteiger partial charge in [0.25, 0.3) is 0 Å². The van der Waals surface area contributed by atoms with Gasteiger partial charge in [0.15, 0.2) is 0 Å². The van der Waals surface area contributed by atoms with Crippen LogP contribution in [0, 0.1) is 0 Å². The van der Waals surface area contributed by atoms with Gasteiger partial charge in [-0.05, 0) is 24.3 Å². The summed E-state index contributed by atoms with van der Waals surface area (Å²) in [4.78, 5) is 20.8. The van der Waals surface area contributed by atoms with E-state index in [0.717, 1.165) is 6.29 Å². The number of rotatable bonds is 28. The van der Waals surface area contributed by atoms with Crippen LogP contribution in [0.1, 0.15) is 10.4 Å². The zero-order valence-corrected chi connectivity index (χ0v) is 21.3. The Bertz CT molecular complexity index is 656. The fraction of sp³-hybridized carbons (Fsp3) is 0.680. The van der Waals surface area contributed by atoms with Gasteiger partial charge in [0.1, 0.15) is 25.2 Å². The number of aldehydes is 1. The van der Waals surface area contributed by atoms with Crippen molar-refractivity contribution >= 4 is 12.3 Å². The lowest BCUT2D eigenvalue weighted by Crippen LogP contribution is -2.15. The van der Waals surface area contributed by atoms with E-state index in [1.165, 1.54) is 0 Å². The van der Waals surface area contributed by atoms with E-state index < -0.39 is 5.97 Å². The number of ether oxygens (including phenoxy) is 9. The monoisotopic (exact) mass is 532 g/mol. The summed E-state index contributed by atoms with van der Waals surface area (Å²) in [6.45, 7) is 6.72. The van der Waals surface area contributed by atoms with Crippen LogP contribution in [0.5, 0.6) is 5.75 Å². The van der Waals surface area contributed by atoms with Crippen LogP contribution in [0.3, 0.4) is 0 Å². The summed E-state index contributed by atoms with van der Waals surface area (Å²) in [5, 5.41) is 8.40. The van der Waals surface area contributed by atoms with Gasteiger partial charge in [0, 0.05) is 5.56 Å². The van der Waals surface area contributed by atoms with Crippen LogP contribution in [0.2, 0.25) is 0 Å². The van der Waals surface area contributed by atoms with Crippen molar-refractivity contribution in [3.05, 3.63) is 29.8 Å². The number of benzene rings is 1. The van der Waals surface area contributed by atoms with Crippen molar-refractivity contribution < 1.29 is 57.3 Å². The van der Waals surface area contributed by atoms with Crippen molar-refractivity contribution in [1.29, 1.82) is 0 Å². The molecule has 0 aromatic heterocycles. The fourth-order valence-electron chi connectivity index (χ4n) is 2.56. The van der Waals surface area contributed by atoms with Gasteiger partial charge in [-0.3, -0.25) is 4.79 Å². The highest BCUT2D eigenvalue weighted by Gasteiger charge is 1.98. The maximum absolute atomic E-state index is 10.6. The van der Waals surface area contributed by atoms with Gasteiger partial charge in [0.05, 0.1) is 99.1 Å². The van der Waals surface area contributed by atoms with Crippen LogP contribution >= 0.6 is 0 Å². The van der Waals surface area contributed by atoms with Crippen molar-refractivity contribution in [2.24, 2.45) is 0 Å². The van der Waals surface area contributed by atoms with Crippen molar-refractivity contribution in [2.45, 2.75) is 0 Å². The second-order valence-corrected chi connectivity index (χ2v) is 7.27. The molecular formula is C25H40O12. The number of aliphatic carboxylic acids is 1. The predicted molar refractivity (Wildman–Crippen MR) is 132 cm³/mol. The van der Waals surface area contributed by atoms with Crippen molar-refractivity contribution in [3.8, 4) is 5.75 Å². The Morgan fingerprint density at radius 1 is 0.541 bits per heavy atom. The summed E-state index contributed by atoms with van der Waals surface area (Å²) in [5.74, 6) is -0.300. The van der Waals surface area contributed by atoms with E-state index in [1.807, 2.05) is 0 Å². The van der Waals surface area contributed by atoms with Crippen molar-refractivity contribution in [1.82, 2.24) is 0 Å². The minimum absolute atomic E-state index is 0.240. The first kappa shape index (κ1) is 32.9. The van der Waals surface area contributed by atoms with Crippen LogP contribution in [0.15, 0.2) is 24.3 Å². The number of hydrogen-bond donors (Lipinski definition) is 1. The minimum atomic E-state index is -0.997. The van der Waals surface area contributed by atoms with Crippen LogP contribution < -0.4 is 4.74 Å². The molecule has 1 rings (SSSR count). The lowest BCUT2D eigenvalue weighted by atomic mass is 10.2. The van der Waals surface area contributed by atoms with Crippen molar-refractivity contribution in [3.63, 3.8) is 0 Å². The molecule has 12 heteroatoms. The molecule has 1 aromatic carbocycles. The molecule has 0 radical (unpaired) electrons. The van der Waals surface area contributed by atoms with E-state index in [2.05, 4.69) is 0 Å². The maximum Gasteiger partial charge on any atom is 0.329 e. The van der Waals surface area contributed by atoms with Gasteiger partial charge in [-0.15, -0.1) is 0 Å². The maximum atomic E-state index is 10.6. The number of carboxylic acids is 1. The minimum Gasteiger partial charge on any atom is -0.491 e. The molecule has 0 aliphatic rings. The number of carbonyl (C=O) groups excluding carboxylic acids is 1. The first-order valence-electron chi connectivity index (χ1n) is 12.2. The van der Waals surface area contributed by atoms with Crippen LogP contribution in [0.25, 0.3) is 0 Å². The van der Waals surface area contributed by atoms with E-state index in [-0.39, 0.29) is 13.2 Å². The van der Waals surface area contributed by atoms with E-state index in [4.69, 9.17) is 47.7 Å². The lowest BCUT2D eigenvalue weighted by Gasteiger charge is -2.09. The molecule has 12 nitrogen and oxygen atoms in total. The molecule has 0 aliphatic carbocycles. The summed E-state index contributed by atoms with van der Waals surface area (Å²) in [6.07, 6.45) is 0.791. The summed E-state index contributed by atoms with van der Waals surface area (Å²) in [6, 6.07) is 6.90.